The first-order chi connectivity index (χ1) is 13.0. The van der Waals surface area contributed by atoms with Gasteiger partial charge in [-0.1, -0.05) is 0 Å². The Balaban J connectivity index is 1.54. The van der Waals surface area contributed by atoms with Gasteiger partial charge in [0.2, 0.25) is 6.29 Å². The molecule has 0 radical (unpaired) electrons. The number of benzene rings is 2. The second-order valence-corrected chi connectivity index (χ2v) is 6.38. The average molecular weight is 377 g/mol. The molecule has 0 saturated carbocycles. The van der Waals surface area contributed by atoms with Gasteiger partial charge in [0, 0.05) is 12.1 Å². The maximum atomic E-state index is 10.1. The van der Waals surface area contributed by atoms with Crippen molar-refractivity contribution < 1.29 is 39.7 Å². The molecule has 0 spiro atoms. The van der Waals surface area contributed by atoms with Crippen LogP contribution in [-0.4, -0.2) is 62.8 Å². The fraction of sp³-hybridized carbons (Fsp3) is 0.333. The van der Waals surface area contributed by atoms with Gasteiger partial charge in [-0.3, -0.25) is 0 Å². The maximum Gasteiger partial charge on any atom is 0.229 e. The lowest BCUT2D eigenvalue weighted by Gasteiger charge is -2.39. The van der Waals surface area contributed by atoms with Gasteiger partial charge >= 0.3 is 0 Å². The quantitative estimate of drug-likeness (QED) is 0.358. The summed E-state index contributed by atoms with van der Waals surface area (Å²) < 4.78 is 16.7. The highest BCUT2D eigenvalue weighted by Crippen LogP contribution is 2.44. The van der Waals surface area contributed by atoms with Gasteiger partial charge in [-0.25, -0.2) is 0 Å². The van der Waals surface area contributed by atoms with E-state index < -0.39 is 37.3 Å². The van der Waals surface area contributed by atoms with E-state index in [4.69, 9.17) is 14.2 Å². The second kappa shape index (κ2) is 6.87. The van der Waals surface area contributed by atoms with Crippen LogP contribution in [0.3, 0.4) is 0 Å². The largest absolute Gasteiger partial charge is 0.508 e. The molecule has 9 heteroatoms. The van der Waals surface area contributed by atoms with Crippen molar-refractivity contribution in [3.05, 3.63) is 36.4 Å². The minimum Gasteiger partial charge on any atom is -0.508 e. The first-order valence-electron chi connectivity index (χ1n) is 8.35. The number of phenolic OH excluding ortho intramolecular Hbond substituents is 1. The Labute approximate surface area is 154 Å². The Morgan fingerprint density at radius 2 is 1.63 bits per heavy atom. The lowest BCUT2D eigenvalue weighted by molar-refractivity contribution is -0.277. The molecular weight excluding hydrogens is 358 g/mol. The van der Waals surface area contributed by atoms with Gasteiger partial charge in [0.25, 0.3) is 0 Å². The van der Waals surface area contributed by atoms with Crippen molar-refractivity contribution in [1.29, 1.82) is 0 Å². The summed E-state index contributed by atoms with van der Waals surface area (Å²) in [5.74, 6) is 1.21. The lowest BCUT2D eigenvalue weighted by Crippen LogP contribution is -2.60. The molecule has 1 saturated heterocycles. The summed E-state index contributed by atoms with van der Waals surface area (Å²) in [5.41, 5.74) is 1.37. The van der Waals surface area contributed by atoms with Crippen LogP contribution in [-0.2, 0) is 4.74 Å². The van der Waals surface area contributed by atoms with E-state index in [1.807, 2.05) is 0 Å². The fourth-order valence-corrected chi connectivity index (χ4v) is 3.02. The summed E-state index contributed by atoms with van der Waals surface area (Å²) in [5, 5.41) is 51.7. The Morgan fingerprint density at radius 1 is 0.926 bits per heavy atom. The highest BCUT2D eigenvalue weighted by atomic mass is 16.7. The molecule has 144 valence electrons. The van der Waals surface area contributed by atoms with Crippen LogP contribution < -0.4 is 14.8 Å². The monoisotopic (exact) mass is 377 g/mol. The minimum atomic E-state index is -1.52. The third-order valence-electron chi connectivity index (χ3n) is 4.51. The molecule has 1 fully saturated rings. The number of rotatable bonds is 3. The summed E-state index contributed by atoms with van der Waals surface area (Å²) in [6.07, 6.45) is -6.82. The van der Waals surface area contributed by atoms with Gasteiger partial charge < -0.3 is 45.1 Å². The van der Waals surface area contributed by atoms with Crippen molar-refractivity contribution in [3.63, 3.8) is 0 Å². The van der Waals surface area contributed by atoms with E-state index in [1.54, 1.807) is 24.3 Å². The van der Waals surface area contributed by atoms with Crippen molar-refractivity contribution >= 4 is 11.4 Å². The van der Waals surface area contributed by atoms with Crippen LogP contribution in [0, 0.1) is 0 Å². The van der Waals surface area contributed by atoms with E-state index in [-0.39, 0.29) is 11.5 Å². The summed E-state index contributed by atoms with van der Waals surface area (Å²) in [4.78, 5) is 0. The molecule has 27 heavy (non-hydrogen) atoms. The van der Waals surface area contributed by atoms with Crippen molar-refractivity contribution in [3.8, 4) is 23.0 Å². The maximum absolute atomic E-state index is 10.1. The zero-order chi connectivity index (χ0) is 19.1. The number of aromatic hydroxyl groups is 1. The van der Waals surface area contributed by atoms with Crippen molar-refractivity contribution in [2.45, 2.75) is 30.7 Å². The number of aliphatic hydroxyl groups excluding tert-OH is 4. The van der Waals surface area contributed by atoms with E-state index in [1.165, 1.54) is 12.1 Å². The molecule has 0 amide bonds. The Kier molecular flexibility index (Phi) is 4.54. The van der Waals surface area contributed by atoms with Crippen molar-refractivity contribution in [2.75, 3.05) is 11.9 Å². The predicted molar refractivity (Wildman–Crippen MR) is 92.3 cm³/mol. The second-order valence-electron chi connectivity index (χ2n) is 6.38. The number of hydrogen-bond acceptors (Lipinski definition) is 9. The van der Waals surface area contributed by atoms with Crippen LogP contribution in [0.2, 0.25) is 0 Å². The van der Waals surface area contributed by atoms with E-state index in [0.717, 1.165) is 0 Å². The normalized spacial score (nSPS) is 29.1. The van der Waals surface area contributed by atoms with Crippen LogP contribution in [0.25, 0.3) is 0 Å². The fourth-order valence-electron chi connectivity index (χ4n) is 3.02. The SMILES string of the molecule is OC[C@H]1O[C@@H](Oc2ccc3c(c2)Oc2cc(O)ccc2N3)[C@H](O)[C@@H](O)[C@H]1O. The predicted octanol–water partition coefficient (Wildman–Crippen LogP) is 0.420. The average Bonchev–Trinajstić information content (AvgIpc) is 2.66. The zero-order valence-corrected chi connectivity index (χ0v) is 14.0. The number of ether oxygens (including phenoxy) is 3. The van der Waals surface area contributed by atoms with E-state index in [2.05, 4.69) is 5.32 Å². The van der Waals surface area contributed by atoms with Gasteiger partial charge in [-0.2, -0.15) is 0 Å². The molecule has 2 aromatic carbocycles. The molecule has 6 N–H and O–H groups in total. The molecule has 2 aliphatic heterocycles. The van der Waals surface area contributed by atoms with E-state index in [9.17, 15) is 25.5 Å². The van der Waals surface area contributed by atoms with Crippen LogP contribution >= 0.6 is 0 Å². The smallest absolute Gasteiger partial charge is 0.229 e. The van der Waals surface area contributed by atoms with E-state index >= 15 is 0 Å². The van der Waals surface area contributed by atoms with Crippen LogP contribution in [0.15, 0.2) is 36.4 Å². The topological polar surface area (TPSA) is 141 Å². The molecule has 5 atom stereocenters. The van der Waals surface area contributed by atoms with Gasteiger partial charge in [-0.15, -0.1) is 0 Å². The molecule has 2 heterocycles. The summed E-state index contributed by atoms with van der Waals surface area (Å²) in [6.45, 7) is -0.539. The number of fused-ring (bicyclic) bond motifs is 2. The Hall–Kier alpha value is -2.56. The zero-order valence-electron chi connectivity index (χ0n) is 14.0. The highest BCUT2D eigenvalue weighted by Gasteiger charge is 2.44. The van der Waals surface area contributed by atoms with Gasteiger partial charge in [0.05, 0.1) is 18.0 Å². The van der Waals surface area contributed by atoms with Gasteiger partial charge in [0.15, 0.2) is 11.5 Å². The lowest BCUT2D eigenvalue weighted by atomic mass is 9.99. The molecule has 2 aromatic rings. The molecule has 0 aromatic heterocycles. The van der Waals surface area contributed by atoms with Crippen LogP contribution in [0.4, 0.5) is 11.4 Å². The first kappa shape index (κ1) is 17.8. The Bertz CT molecular complexity index is 842. The van der Waals surface area contributed by atoms with Crippen LogP contribution in [0.1, 0.15) is 0 Å². The third-order valence-corrected chi connectivity index (χ3v) is 4.51. The summed E-state index contributed by atoms with van der Waals surface area (Å²) >= 11 is 0. The van der Waals surface area contributed by atoms with Crippen LogP contribution in [0.5, 0.6) is 23.0 Å². The minimum absolute atomic E-state index is 0.0627. The molecular formula is C18H19NO8. The number of phenols is 1. The summed E-state index contributed by atoms with van der Waals surface area (Å²) in [7, 11) is 0. The van der Waals surface area contributed by atoms with Gasteiger partial charge in [0.1, 0.15) is 35.9 Å². The number of aliphatic hydroxyl groups is 4. The molecule has 0 unspecified atom stereocenters. The molecule has 9 nitrogen and oxygen atoms in total. The van der Waals surface area contributed by atoms with Crippen molar-refractivity contribution in [1.82, 2.24) is 0 Å². The highest BCUT2D eigenvalue weighted by molar-refractivity contribution is 5.76. The first-order valence-corrected chi connectivity index (χ1v) is 8.35. The van der Waals surface area contributed by atoms with E-state index in [0.29, 0.717) is 22.9 Å². The Morgan fingerprint density at radius 3 is 2.37 bits per heavy atom. The number of nitrogens with one attached hydrogen (secondary N) is 1. The molecule has 0 bridgehead atoms. The number of hydrogen-bond donors (Lipinski definition) is 6. The summed E-state index contributed by atoms with van der Waals surface area (Å²) in [6, 6.07) is 9.56. The third kappa shape index (κ3) is 3.27. The number of anilines is 2. The standard InChI is InChI=1S/C18H19NO8/c20-7-14-15(22)16(23)17(24)18(27-14)25-9-2-4-11-13(6-9)26-12-5-8(21)1-3-10(12)19-11/h1-6,14-24H,7H2/t14-,15+,16+,17-,18-/m1/s1. The molecule has 0 aliphatic carbocycles. The van der Waals surface area contributed by atoms with Crippen molar-refractivity contribution in [2.24, 2.45) is 0 Å². The molecule has 4 rings (SSSR count). The van der Waals surface area contributed by atoms with Gasteiger partial charge in [-0.05, 0) is 24.3 Å². The molecule has 2 aliphatic rings.